The van der Waals surface area contributed by atoms with Gasteiger partial charge in [0.2, 0.25) is 0 Å². The Labute approximate surface area is 147 Å². The minimum absolute atomic E-state index is 0.126. The number of piperidine rings is 1. The number of hydrogen-bond donors (Lipinski definition) is 2. The van der Waals surface area contributed by atoms with Gasteiger partial charge in [0.25, 0.3) is 0 Å². The van der Waals surface area contributed by atoms with Crippen LogP contribution in [0.4, 0.5) is 0 Å². The lowest BCUT2D eigenvalue weighted by molar-refractivity contribution is 0.0412. The first kappa shape index (κ1) is 16.3. The minimum Gasteiger partial charge on any atom is -0.478 e. The molecule has 1 spiro atoms. The molecule has 2 aromatic carbocycles. The SMILES string of the molecule is O=C(O)c1ccccc1CN1CCC2(CC1)c1ccccc1CC2O. The first-order chi connectivity index (χ1) is 12.1. The number of aliphatic hydroxyl groups is 1. The van der Waals surface area contributed by atoms with Crippen molar-refractivity contribution in [3.8, 4) is 0 Å². The van der Waals surface area contributed by atoms with Crippen molar-refractivity contribution in [2.45, 2.75) is 37.3 Å². The lowest BCUT2D eigenvalue weighted by Gasteiger charge is -2.42. The molecule has 0 amide bonds. The highest BCUT2D eigenvalue weighted by Gasteiger charge is 2.47. The molecule has 4 heteroatoms. The zero-order chi connectivity index (χ0) is 17.4. The van der Waals surface area contributed by atoms with Gasteiger partial charge in [-0.25, -0.2) is 4.79 Å². The molecular formula is C21H23NO3. The molecule has 130 valence electrons. The summed E-state index contributed by atoms with van der Waals surface area (Å²) in [5, 5.41) is 20.1. The first-order valence-corrected chi connectivity index (χ1v) is 8.90. The molecule has 1 aliphatic carbocycles. The van der Waals surface area contributed by atoms with Crippen molar-refractivity contribution < 1.29 is 15.0 Å². The average molecular weight is 337 g/mol. The summed E-state index contributed by atoms with van der Waals surface area (Å²) < 4.78 is 0. The van der Waals surface area contributed by atoms with Gasteiger partial charge >= 0.3 is 5.97 Å². The first-order valence-electron chi connectivity index (χ1n) is 8.90. The van der Waals surface area contributed by atoms with Crippen LogP contribution in [-0.4, -0.2) is 40.3 Å². The van der Waals surface area contributed by atoms with Crippen LogP contribution in [0.3, 0.4) is 0 Å². The Morgan fingerprint density at radius 1 is 1.08 bits per heavy atom. The largest absolute Gasteiger partial charge is 0.478 e. The van der Waals surface area contributed by atoms with Gasteiger partial charge in [-0.2, -0.15) is 0 Å². The summed E-state index contributed by atoms with van der Waals surface area (Å²) in [6.45, 7) is 2.40. The van der Waals surface area contributed by atoms with Crippen molar-refractivity contribution in [1.82, 2.24) is 4.90 Å². The van der Waals surface area contributed by atoms with Crippen LogP contribution in [0.25, 0.3) is 0 Å². The van der Waals surface area contributed by atoms with Gasteiger partial charge < -0.3 is 10.2 Å². The molecule has 1 atom stereocenters. The van der Waals surface area contributed by atoms with Crippen LogP contribution < -0.4 is 0 Å². The Kier molecular flexibility index (Phi) is 4.10. The van der Waals surface area contributed by atoms with Gasteiger partial charge in [0.05, 0.1) is 11.7 Å². The standard InChI is InChI=1S/C21H23NO3/c23-19-13-15-5-2-4-8-18(15)21(19)9-11-22(12-10-21)14-16-6-1-3-7-17(16)20(24)25/h1-8,19,23H,9-14H2,(H,24,25). The smallest absolute Gasteiger partial charge is 0.336 e. The highest BCUT2D eigenvalue weighted by atomic mass is 16.4. The van der Waals surface area contributed by atoms with Crippen LogP contribution in [0.15, 0.2) is 48.5 Å². The topological polar surface area (TPSA) is 60.8 Å². The summed E-state index contributed by atoms with van der Waals surface area (Å²) in [5.74, 6) is -0.871. The molecule has 25 heavy (non-hydrogen) atoms. The third-order valence-electron chi connectivity index (χ3n) is 5.99. The van der Waals surface area contributed by atoms with E-state index in [4.69, 9.17) is 0 Å². The van der Waals surface area contributed by atoms with Gasteiger partial charge in [0.15, 0.2) is 0 Å². The van der Waals surface area contributed by atoms with Crippen molar-refractivity contribution >= 4 is 5.97 Å². The lowest BCUT2D eigenvalue weighted by Crippen LogP contribution is -2.47. The number of likely N-dealkylation sites (tertiary alicyclic amines) is 1. The van der Waals surface area contributed by atoms with E-state index in [0.717, 1.165) is 37.9 Å². The predicted octanol–water partition coefficient (Wildman–Crippen LogP) is 2.84. The molecular weight excluding hydrogens is 314 g/mol. The van der Waals surface area contributed by atoms with Crippen LogP contribution in [-0.2, 0) is 18.4 Å². The Bertz CT molecular complexity index is 793. The summed E-state index contributed by atoms with van der Waals surface area (Å²) in [5.41, 5.74) is 3.71. The number of carboxylic acids is 1. The van der Waals surface area contributed by atoms with Crippen molar-refractivity contribution in [1.29, 1.82) is 0 Å². The van der Waals surface area contributed by atoms with Gasteiger partial charge in [-0.3, -0.25) is 4.90 Å². The van der Waals surface area contributed by atoms with Crippen LogP contribution >= 0.6 is 0 Å². The zero-order valence-electron chi connectivity index (χ0n) is 14.2. The van der Waals surface area contributed by atoms with Crippen molar-refractivity contribution in [3.05, 3.63) is 70.8 Å². The summed E-state index contributed by atoms with van der Waals surface area (Å²) in [6.07, 6.45) is 2.28. The maximum absolute atomic E-state index is 11.4. The molecule has 2 N–H and O–H groups in total. The molecule has 4 nitrogen and oxygen atoms in total. The fraction of sp³-hybridized carbons (Fsp3) is 0.381. The van der Waals surface area contributed by atoms with Gasteiger partial charge in [0.1, 0.15) is 0 Å². The number of rotatable bonds is 3. The third kappa shape index (κ3) is 2.75. The Balaban J connectivity index is 1.50. The van der Waals surface area contributed by atoms with Gasteiger partial charge in [-0.1, -0.05) is 42.5 Å². The van der Waals surface area contributed by atoms with Crippen LogP contribution in [0.2, 0.25) is 0 Å². The van der Waals surface area contributed by atoms with Gasteiger partial charge in [0, 0.05) is 12.0 Å². The van der Waals surface area contributed by atoms with E-state index in [2.05, 4.69) is 23.1 Å². The van der Waals surface area contributed by atoms with E-state index in [1.54, 1.807) is 12.1 Å². The number of nitrogens with zero attached hydrogens (tertiary/aromatic N) is 1. The number of carbonyl (C=O) groups is 1. The summed E-state index contributed by atoms with van der Waals surface area (Å²) >= 11 is 0. The molecule has 0 aromatic heterocycles. The number of hydrogen-bond acceptors (Lipinski definition) is 3. The van der Waals surface area contributed by atoms with Gasteiger partial charge in [-0.05, 0) is 55.1 Å². The van der Waals surface area contributed by atoms with Crippen LogP contribution in [0.1, 0.15) is 39.9 Å². The molecule has 1 fully saturated rings. The molecule has 0 bridgehead atoms. The molecule has 1 heterocycles. The number of aromatic carboxylic acids is 1. The Hall–Kier alpha value is -2.17. The molecule has 1 aliphatic heterocycles. The quantitative estimate of drug-likeness (QED) is 0.904. The highest BCUT2D eigenvalue weighted by molar-refractivity contribution is 5.89. The number of aliphatic hydroxyl groups excluding tert-OH is 1. The Morgan fingerprint density at radius 2 is 1.76 bits per heavy atom. The van der Waals surface area contributed by atoms with E-state index in [-0.39, 0.29) is 11.5 Å². The molecule has 2 aliphatic rings. The third-order valence-corrected chi connectivity index (χ3v) is 5.99. The van der Waals surface area contributed by atoms with Crippen molar-refractivity contribution in [3.63, 3.8) is 0 Å². The lowest BCUT2D eigenvalue weighted by atomic mass is 9.72. The highest BCUT2D eigenvalue weighted by Crippen LogP contribution is 2.46. The van der Waals surface area contributed by atoms with E-state index in [1.807, 2.05) is 18.2 Å². The number of benzene rings is 2. The summed E-state index contributed by atoms with van der Waals surface area (Å²) in [6, 6.07) is 15.6. The molecule has 1 saturated heterocycles. The second kappa shape index (κ2) is 6.28. The van der Waals surface area contributed by atoms with Crippen LogP contribution in [0.5, 0.6) is 0 Å². The van der Waals surface area contributed by atoms with E-state index >= 15 is 0 Å². The average Bonchev–Trinajstić information content (AvgIpc) is 2.89. The summed E-state index contributed by atoms with van der Waals surface area (Å²) in [4.78, 5) is 13.7. The van der Waals surface area contributed by atoms with E-state index < -0.39 is 5.97 Å². The molecule has 0 saturated carbocycles. The van der Waals surface area contributed by atoms with Gasteiger partial charge in [-0.15, -0.1) is 0 Å². The fourth-order valence-corrected chi connectivity index (χ4v) is 4.59. The predicted molar refractivity (Wildman–Crippen MR) is 95.7 cm³/mol. The second-order valence-electron chi connectivity index (χ2n) is 7.27. The fourth-order valence-electron chi connectivity index (χ4n) is 4.59. The molecule has 2 aromatic rings. The Morgan fingerprint density at radius 3 is 2.52 bits per heavy atom. The number of fused-ring (bicyclic) bond motifs is 2. The second-order valence-corrected chi connectivity index (χ2v) is 7.27. The van der Waals surface area contributed by atoms with Crippen LogP contribution in [0, 0.1) is 0 Å². The molecule has 0 radical (unpaired) electrons. The van der Waals surface area contributed by atoms with Crippen molar-refractivity contribution in [2.75, 3.05) is 13.1 Å². The van der Waals surface area contributed by atoms with E-state index in [9.17, 15) is 15.0 Å². The van der Waals surface area contributed by atoms with E-state index in [0.29, 0.717) is 12.1 Å². The van der Waals surface area contributed by atoms with E-state index in [1.165, 1.54) is 11.1 Å². The summed E-state index contributed by atoms with van der Waals surface area (Å²) in [7, 11) is 0. The maximum Gasteiger partial charge on any atom is 0.336 e. The monoisotopic (exact) mass is 337 g/mol. The maximum atomic E-state index is 11.4. The number of carboxylic acid groups (broad SMARTS) is 1. The normalized spacial score (nSPS) is 22.0. The molecule has 4 rings (SSSR count). The zero-order valence-corrected chi connectivity index (χ0v) is 14.2. The molecule has 1 unspecified atom stereocenters. The minimum atomic E-state index is -0.871. The van der Waals surface area contributed by atoms with Crippen molar-refractivity contribution in [2.24, 2.45) is 0 Å².